The highest BCUT2D eigenvalue weighted by Gasteiger charge is 2.11. The van der Waals surface area contributed by atoms with Crippen molar-refractivity contribution < 1.29 is 19.6 Å². The van der Waals surface area contributed by atoms with Crippen LogP contribution in [0.2, 0.25) is 0 Å². The molecule has 9 heteroatoms. The number of nitrogens with zero attached hydrogens (tertiary/aromatic N) is 2. The Hall–Kier alpha value is -2.55. The quantitative estimate of drug-likeness (QED) is 0.467. The fraction of sp³-hybridized carbons (Fsp3) is 0.308. The van der Waals surface area contributed by atoms with Gasteiger partial charge < -0.3 is 15.2 Å². The number of aromatic nitrogens is 1. The monoisotopic (exact) mass is 322 g/mol. The maximum Gasteiger partial charge on any atom is 0.270 e. The van der Waals surface area contributed by atoms with Gasteiger partial charge in [-0.1, -0.05) is 11.3 Å². The van der Waals surface area contributed by atoms with Gasteiger partial charge >= 0.3 is 0 Å². The van der Waals surface area contributed by atoms with Crippen molar-refractivity contribution in [3.05, 3.63) is 28.3 Å². The number of rotatable bonds is 7. The molecule has 0 aliphatic heterocycles. The molecule has 116 valence electrons. The average Bonchev–Trinajstić information content (AvgIpc) is 2.84. The van der Waals surface area contributed by atoms with Gasteiger partial charge in [-0.25, -0.2) is 4.98 Å². The second-order valence-electron chi connectivity index (χ2n) is 4.56. The Morgan fingerprint density at radius 1 is 1.27 bits per heavy atom. The third kappa shape index (κ3) is 4.22. The number of fused-ring (bicyclic) bond motifs is 1. The van der Waals surface area contributed by atoms with Crippen LogP contribution in [0.15, 0.2) is 18.2 Å². The third-order valence-electron chi connectivity index (χ3n) is 2.86. The number of nitrogens with one attached hydrogen (secondary N) is 1. The molecule has 0 unspecified atom stereocenters. The number of aliphatic carboxylic acids is 1. The van der Waals surface area contributed by atoms with Crippen molar-refractivity contribution in [1.82, 2.24) is 4.98 Å². The van der Waals surface area contributed by atoms with Crippen LogP contribution in [0.1, 0.15) is 25.7 Å². The van der Waals surface area contributed by atoms with Crippen LogP contribution in [-0.2, 0) is 9.59 Å². The number of benzene rings is 1. The van der Waals surface area contributed by atoms with Crippen LogP contribution in [0.4, 0.5) is 10.8 Å². The first-order valence-electron chi connectivity index (χ1n) is 6.50. The first-order valence-corrected chi connectivity index (χ1v) is 7.32. The normalized spacial score (nSPS) is 10.5. The van der Waals surface area contributed by atoms with Crippen LogP contribution in [0.25, 0.3) is 10.2 Å². The van der Waals surface area contributed by atoms with E-state index in [2.05, 4.69) is 10.3 Å². The summed E-state index contributed by atoms with van der Waals surface area (Å²) in [4.78, 5) is 36.3. The Morgan fingerprint density at radius 3 is 2.68 bits per heavy atom. The van der Waals surface area contributed by atoms with Gasteiger partial charge in [0, 0.05) is 24.5 Å². The first-order chi connectivity index (χ1) is 10.5. The lowest BCUT2D eigenvalue weighted by atomic mass is 10.2. The molecule has 0 fully saturated rings. The van der Waals surface area contributed by atoms with E-state index in [0.29, 0.717) is 28.2 Å². The molecule has 0 atom stereocenters. The second kappa shape index (κ2) is 6.94. The van der Waals surface area contributed by atoms with Crippen molar-refractivity contribution in [3.8, 4) is 0 Å². The van der Waals surface area contributed by atoms with Crippen LogP contribution in [-0.4, -0.2) is 21.8 Å². The Labute approximate surface area is 128 Å². The SMILES string of the molecule is O=C([O-])CCCCC(=O)Nc1nc2ccc([N+](=O)[O-])cc2s1. The fourth-order valence-electron chi connectivity index (χ4n) is 1.82. The molecule has 1 aromatic heterocycles. The molecule has 2 rings (SSSR count). The van der Waals surface area contributed by atoms with Crippen molar-refractivity contribution in [1.29, 1.82) is 0 Å². The minimum atomic E-state index is -1.13. The molecule has 2 aromatic rings. The fourth-order valence-corrected chi connectivity index (χ4v) is 2.73. The van der Waals surface area contributed by atoms with Gasteiger partial charge in [0.25, 0.3) is 5.69 Å². The summed E-state index contributed by atoms with van der Waals surface area (Å²) in [7, 11) is 0. The van der Waals surface area contributed by atoms with E-state index in [1.54, 1.807) is 0 Å². The maximum atomic E-state index is 11.7. The highest BCUT2D eigenvalue weighted by atomic mass is 32.1. The number of carbonyl (C=O) groups excluding carboxylic acids is 2. The highest BCUT2D eigenvalue weighted by molar-refractivity contribution is 7.22. The van der Waals surface area contributed by atoms with E-state index in [1.165, 1.54) is 18.2 Å². The van der Waals surface area contributed by atoms with Gasteiger partial charge in [0.1, 0.15) is 0 Å². The molecule has 1 aromatic carbocycles. The van der Waals surface area contributed by atoms with Crippen LogP contribution in [0.5, 0.6) is 0 Å². The molecule has 0 saturated carbocycles. The predicted molar refractivity (Wildman–Crippen MR) is 78.4 cm³/mol. The molecule has 1 amide bonds. The molecule has 0 aliphatic rings. The van der Waals surface area contributed by atoms with Gasteiger partial charge in [0.05, 0.1) is 15.1 Å². The zero-order chi connectivity index (χ0) is 16.1. The Balaban J connectivity index is 1.95. The van der Waals surface area contributed by atoms with Gasteiger partial charge in [-0.05, 0) is 25.3 Å². The number of thiazole rings is 1. The van der Waals surface area contributed by atoms with Gasteiger partial charge in [-0.15, -0.1) is 0 Å². The maximum absolute atomic E-state index is 11.7. The number of carbonyl (C=O) groups is 2. The number of carboxylic acids is 1. The van der Waals surface area contributed by atoms with E-state index >= 15 is 0 Å². The zero-order valence-electron chi connectivity index (χ0n) is 11.4. The van der Waals surface area contributed by atoms with Crippen molar-refractivity contribution in [2.45, 2.75) is 25.7 Å². The lowest BCUT2D eigenvalue weighted by molar-refractivity contribution is -0.384. The third-order valence-corrected chi connectivity index (χ3v) is 3.80. The first kappa shape index (κ1) is 15.8. The zero-order valence-corrected chi connectivity index (χ0v) is 12.2. The Kier molecular flexibility index (Phi) is 4.99. The van der Waals surface area contributed by atoms with E-state index in [4.69, 9.17) is 0 Å². The summed E-state index contributed by atoms with van der Waals surface area (Å²) in [5, 5.41) is 23.9. The topological polar surface area (TPSA) is 125 Å². The minimum absolute atomic E-state index is 0.0312. The number of unbranched alkanes of at least 4 members (excludes halogenated alkanes) is 1. The van der Waals surface area contributed by atoms with E-state index in [0.717, 1.165) is 11.3 Å². The molecule has 0 spiro atoms. The van der Waals surface area contributed by atoms with Crippen molar-refractivity contribution in [2.24, 2.45) is 0 Å². The number of nitro benzene ring substituents is 1. The van der Waals surface area contributed by atoms with Gasteiger partial charge in [0.2, 0.25) is 5.91 Å². The summed E-state index contributed by atoms with van der Waals surface area (Å²) in [6.07, 6.45) is 0.930. The molecule has 1 N–H and O–H groups in total. The summed E-state index contributed by atoms with van der Waals surface area (Å²) in [5.41, 5.74) is 0.541. The van der Waals surface area contributed by atoms with Crippen LogP contribution >= 0.6 is 11.3 Å². The molecule has 0 saturated heterocycles. The summed E-state index contributed by atoms with van der Waals surface area (Å²) in [6, 6.07) is 4.29. The summed E-state index contributed by atoms with van der Waals surface area (Å²) in [5.74, 6) is -1.40. The number of non-ortho nitro benzene ring substituents is 1. The minimum Gasteiger partial charge on any atom is -0.550 e. The summed E-state index contributed by atoms with van der Waals surface area (Å²) in [6.45, 7) is 0. The molecular formula is C13H12N3O5S-. The van der Waals surface area contributed by atoms with E-state index in [-0.39, 0.29) is 24.4 Å². The van der Waals surface area contributed by atoms with Gasteiger partial charge in [-0.3, -0.25) is 14.9 Å². The van der Waals surface area contributed by atoms with Gasteiger partial charge in [0.15, 0.2) is 5.13 Å². The number of amides is 1. The molecule has 0 aliphatic carbocycles. The molecule has 8 nitrogen and oxygen atoms in total. The standard InChI is InChI=1S/C13H13N3O5S/c17-11(3-1-2-4-12(18)19)15-13-14-9-6-5-8(16(20)21)7-10(9)22-13/h5-7H,1-4H2,(H,18,19)(H,14,15,17)/p-1. The van der Waals surface area contributed by atoms with Crippen LogP contribution in [0, 0.1) is 10.1 Å². The van der Waals surface area contributed by atoms with Crippen molar-refractivity contribution in [2.75, 3.05) is 5.32 Å². The van der Waals surface area contributed by atoms with Crippen molar-refractivity contribution in [3.63, 3.8) is 0 Å². The lowest BCUT2D eigenvalue weighted by Crippen LogP contribution is -2.21. The van der Waals surface area contributed by atoms with E-state index in [9.17, 15) is 24.8 Å². The summed E-state index contributed by atoms with van der Waals surface area (Å²) >= 11 is 1.15. The smallest absolute Gasteiger partial charge is 0.270 e. The average molecular weight is 322 g/mol. The van der Waals surface area contributed by atoms with Crippen LogP contribution in [0.3, 0.4) is 0 Å². The van der Waals surface area contributed by atoms with E-state index < -0.39 is 10.9 Å². The Morgan fingerprint density at radius 2 is 2.00 bits per heavy atom. The number of carboxylic acid groups (broad SMARTS) is 1. The van der Waals surface area contributed by atoms with Crippen LogP contribution < -0.4 is 10.4 Å². The predicted octanol–water partition coefficient (Wildman–Crippen LogP) is 1.45. The highest BCUT2D eigenvalue weighted by Crippen LogP contribution is 2.29. The lowest BCUT2D eigenvalue weighted by Gasteiger charge is -2.02. The van der Waals surface area contributed by atoms with Gasteiger partial charge in [-0.2, -0.15) is 0 Å². The van der Waals surface area contributed by atoms with E-state index in [1.807, 2.05) is 0 Å². The number of hydrogen-bond donors (Lipinski definition) is 1. The largest absolute Gasteiger partial charge is 0.550 e. The number of nitro groups is 1. The molecule has 22 heavy (non-hydrogen) atoms. The molecule has 0 bridgehead atoms. The molecule has 1 heterocycles. The number of anilines is 1. The van der Waals surface area contributed by atoms with Crippen molar-refractivity contribution >= 4 is 44.2 Å². The second-order valence-corrected chi connectivity index (χ2v) is 5.59. The number of hydrogen-bond acceptors (Lipinski definition) is 7. The summed E-state index contributed by atoms with van der Waals surface area (Å²) < 4.78 is 0.612. The Bertz CT molecular complexity index is 728. The molecular weight excluding hydrogens is 310 g/mol. The molecule has 0 radical (unpaired) electrons.